The standard InChI is InChI=1S/C18H30N4O3/c1-4-25-17(24)22-9-5-14(6-10-22)21-11-7-18(8-12-21)16(23)19-15(20-18)13(2)3/h13-14H,4-12H2,1-3H3,(H,19,20,23). The lowest BCUT2D eigenvalue weighted by Crippen LogP contribution is -2.54. The van der Waals surface area contributed by atoms with Crippen LogP contribution in [0.5, 0.6) is 0 Å². The molecule has 0 atom stereocenters. The van der Waals surface area contributed by atoms with Crippen LogP contribution < -0.4 is 5.32 Å². The van der Waals surface area contributed by atoms with E-state index in [0.717, 1.165) is 57.7 Å². The van der Waals surface area contributed by atoms with E-state index in [1.807, 2.05) is 6.92 Å². The fourth-order valence-electron chi connectivity index (χ4n) is 4.04. The van der Waals surface area contributed by atoms with Crippen LogP contribution in [0.1, 0.15) is 46.5 Å². The highest BCUT2D eigenvalue weighted by Crippen LogP contribution is 2.33. The molecule has 3 aliphatic heterocycles. The second-order valence-corrected chi connectivity index (χ2v) is 7.59. The summed E-state index contributed by atoms with van der Waals surface area (Å²) < 4.78 is 5.08. The average Bonchev–Trinajstić information content (AvgIpc) is 2.93. The summed E-state index contributed by atoms with van der Waals surface area (Å²) in [6, 6.07) is 0.487. The predicted octanol–water partition coefficient (Wildman–Crippen LogP) is 1.63. The maximum absolute atomic E-state index is 12.4. The Morgan fingerprint density at radius 3 is 2.44 bits per heavy atom. The van der Waals surface area contributed by atoms with Crippen LogP contribution in [0.4, 0.5) is 4.79 Å². The SMILES string of the molecule is CCOC(=O)N1CCC(N2CCC3(CC2)N=C(C(C)C)NC3=O)CC1. The van der Waals surface area contributed by atoms with Crippen molar-refractivity contribution < 1.29 is 14.3 Å². The van der Waals surface area contributed by atoms with Gasteiger partial charge in [0.05, 0.1) is 6.61 Å². The zero-order valence-corrected chi connectivity index (χ0v) is 15.6. The second-order valence-electron chi connectivity index (χ2n) is 7.59. The van der Waals surface area contributed by atoms with E-state index in [1.54, 1.807) is 4.90 Å². The molecule has 2 fully saturated rings. The third-order valence-corrected chi connectivity index (χ3v) is 5.68. The van der Waals surface area contributed by atoms with Crippen LogP contribution in [0.25, 0.3) is 0 Å². The summed E-state index contributed by atoms with van der Waals surface area (Å²) in [5, 5.41) is 2.97. The number of piperidine rings is 2. The molecule has 0 radical (unpaired) electrons. The van der Waals surface area contributed by atoms with Gasteiger partial charge in [-0.15, -0.1) is 0 Å². The molecule has 0 aliphatic carbocycles. The molecular formula is C18H30N4O3. The topological polar surface area (TPSA) is 74.2 Å². The number of aliphatic imine (C=N–C) groups is 1. The fourth-order valence-corrected chi connectivity index (χ4v) is 4.04. The monoisotopic (exact) mass is 350 g/mol. The Kier molecular flexibility index (Phi) is 5.32. The van der Waals surface area contributed by atoms with Gasteiger partial charge in [-0.2, -0.15) is 0 Å². The molecule has 0 aromatic heterocycles. The summed E-state index contributed by atoms with van der Waals surface area (Å²) in [5.74, 6) is 1.17. The molecule has 2 amide bonds. The van der Waals surface area contributed by atoms with Crippen LogP contribution >= 0.6 is 0 Å². The Balaban J connectivity index is 1.52. The minimum atomic E-state index is -0.540. The van der Waals surface area contributed by atoms with E-state index in [2.05, 4.69) is 24.1 Å². The van der Waals surface area contributed by atoms with E-state index in [1.165, 1.54) is 0 Å². The summed E-state index contributed by atoms with van der Waals surface area (Å²) in [5.41, 5.74) is -0.540. The summed E-state index contributed by atoms with van der Waals surface area (Å²) >= 11 is 0. The lowest BCUT2D eigenvalue weighted by molar-refractivity contribution is -0.125. The largest absolute Gasteiger partial charge is 0.450 e. The van der Waals surface area contributed by atoms with Gasteiger partial charge in [-0.1, -0.05) is 13.8 Å². The number of amides is 2. The number of hydrogen-bond acceptors (Lipinski definition) is 5. The molecule has 0 unspecified atom stereocenters. The molecule has 0 aromatic carbocycles. The number of carbonyl (C=O) groups excluding carboxylic acids is 2. The first-order valence-corrected chi connectivity index (χ1v) is 9.52. The van der Waals surface area contributed by atoms with Gasteiger partial charge in [0.1, 0.15) is 11.4 Å². The van der Waals surface area contributed by atoms with Gasteiger partial charge in [-0.25, -0.2) is 4.79 Å². The molecule has 2 saturated heterocycles. The van der Waals surface area contributed by atoms with Gasteiger partial charge in [-0.3, -0.25) is 9.79 Å². The lowest BCUT2D eigenvalue weighted by atomic mass is 9.86. The van der Waals surface area contributed by atoms with Crippen LogP contribution in [-0.2, 0) is 9.53 Å². The number of carbonyl (C=O) groups is 2. The van der Waals surface area contributed by atoms with Crippen molar-refractivity contribution in [2.45, 2.75) is 58.0 Å². The zero-order chi connectivity index (χ0) is 18.0. The Bertz CT molecular complexity index is 545. The molecule has 0 bridgehead atoms. The number of rotatable bonds is 3. The summed E-state index contributed by atoms with van der Waals surface area (Å²) in [6.45, 7) is 9.67. The maximum Gasteiger partial charge on any atom is 0.409 e. The maximum atomic E-state index is 12.4. The third kappa shape index (κ3) is 3.66. The highest BCUT2D eigenvalue weighted by molar-refractivity contribution is 6.08. The van der Waals surface area contributed by atoms with Gasteiger partial charge in [-0.05, 0) is 32.6 Å². The van der Waals surface area contributed by atoms with Crippen molar-refractivity contribution in [3.63, 3.8) is 0 Å². The molecule has 0 saturated carbocycles. The highest BCUT2D eigenvalue weighted by Gasteiger charge is 2.46. The van der Waals surface area contributed by atoms with E-state index in [9.17, 15) is 9.59 Å². The van der Waals surface area contributed by atoms with E-state index in [4.69, 9.17) is 9.73 Å². The number of nitrogens with zero attached hydrogens (tertiary/aromatic N) is 3. The lowest BCUT2D eigenvalue weighted by Gasteiger charge is -2.43. The van der Waals surface area contributed by atoms with E-state index in [-0.39, 0.29) is 17.9 Å². The van der Waals surface area contributed by atoms with E-state index >= 15 is 0 Å². The van der Waals surface area contributed by atoms with Crippen LogP contribution in [0.2, 0.25) is 0 Å². The number of likely N-dealkylation sites (tertiary alicyclic amines) is 2. The second kappa shape index (κ2) is 7.32. The predicted molar refractivity (Wildman–Crippen MR) is 95.6 cm³/mol. The molecule has 3 heterocycles. The first-order chi connectivity index (χ1) is 11.9. The molecule has 1 spiro atoms. The zero-order valence-electron chi connectivity index (χ0n) is 15.6. The van der Waals surface area contributed by atoms with Gasteiger partial charge in [0.15, 0.2) is 0 Å². The van der Waals surface area contributed by atoms with Crippen molar-refractivity contribution in [3.8, 4) is 0 Å². The number of nitrogens with one attached hydrogen (secondary N) is 1. The van der Waals surface area contributed by atoms with Crippen LogP contribution in [-0.4, -0.2) is 72.0 Å². The molecule has 140 valence electrons. The Morgan fingerprint density at radius 1 is 1.28 bits per heavy atom. The van der Waals surface area contributed by atoms with E-state index in [0.29, 0.717) is 12.6 Å². The van der Waals surface area contributed by atoms with Crippen LogP contribution in [0, 0.1) is 5.92 Å². The smallest absolute Gasteiger partial charge is 0.409 e. The van der Waals surface area contributed by atoms with E-state index < -0.39 is 5.54 Å². The normalized spacial score (nSPS) is 24.6. The molecule has 1 N–H and O–H groups in total. The quantitative estimate of drug-likeness (QED) is 0.839. The molecule has 3 rings (SSSR count). The summed E-state index contributed by atoms with van der Waals surface area (Å²) in [6.07, 6.45) is 3.31. The average molecular weight is 350 g/mol. The Morgan fingerprint density at radius 2 is 1.92 bits per heavy atom. The van der Waals surface area contributed by atoms with Crippen molar-refractivity contribution in [1.82, 2.24) is 15.1 Å². The fraction of sp³-hybridized carbons (Fsp3) is 0.833. The van der Waals surface area contributed by atoms with Gasteiger partial charge in [0.25, 0.3) is 5.91 Å². The Labute approximate surface area is 149 Å². The molecule has 3 aliphatic rings. The number of hydrogen-bond donors (Lipinski definition) is 1. The number of amidine groups is 1. The molecule has 25 heavy (non-hydrogen) atoms. The van der Waals surface area contributed by atoms with Gasteiger partial charge in [0.2, 0.25) is 0 Å². The summed E-state index contributed by atoms with van der Waals surface area (Å²) in [7, 11) is 0. The minimum absolute atomic E-state index is 0.0768. The van der Waals surface area contributed by atoms with Crippen molar-refractivity contribution in [3.05, 3.63) is 0 Å². The molecule has 7 nitrogen and oxygen atoms in total. The van der Waals surface area contributed by atoms with Crippen molar-refractivity contribution in [2.24, 2.45) is 10.9 Å². The van der Waals surface area contributed by atoms with Crippen molar-refractivity contribution >= 4 is 17.8 Å². The first-order valence-electron chi connectivity index (χ1n) is 9.52. The van der Waals surface area contributed by atoms with Gasteiger partial charge >= 0.3 is 6.09 Å². The van der Waals surface area contributed by atoms with Gasteiger partial charge in [0, 0.05) is 38.1 Å². The van der Waals surface area contributed by atoms with Gasteiger partial charge < -0.3 is 19.9 Å². The third-order valence-electron chi connectivity index (χ3n) is 5.68. The van der Waals surface area contributed by atoms with Crippen molar-refractivity contribution in [1.29, 1.82) is 0 Å². The highest BCUT2D eigenvalue weighted by atomic mass is 16.6. The first kappa shape index (κ1) is 18.2. The molecule has 0 aromatic rings. The minimum Gasteiger partial charge on any atom is -0.450 e. The molecular weight excluding hydrogens is 320 g/mol. The van der Waals surface area contributed by atoms with Crippen LogP contribution in [0.15, 0.2) is 4.99 Å². The Hall–Kier alpha value is -1.63. The molecule has 7 heteroatoms. The van der Waals surface area contributed by atoms with Crippen molar-refractivity contribution in [2.75, 3.05) is 32.8 Å². The number of ether oxygens (including phenoxy) is 1. The summed E-state index contributed by atoms with van der Waals surface area (Å²) in [4.78, 5) is 33.3. The van der Waals surface area contributed by atoms with Crippen LogP contribution in [0.3, 0.4) is 0 Å².